The quantitative estimate of drug-likeness (QED) is 0.213. The average molecular weight is 478 g/mol. The van der Waals surface area contributed by atoms with Crippen LogP contribution in [0.1, 0.15) is 40.5 Å². The van der Waals surface area contributed by atoms with E-state index in [1.807, 2.05) is 30.9 Å². The number of nitrogens with two attached hydrogens (primary N) is 1. The molecule has 0 spiro atoms. The lowest BCUT2D eigenvalue weighted by Gasteiger charge is -2.18. The molecule has 4 rings (SSSR count). The Kier molecular flexibility index (Phi) is 7.33. The number of benzene rings is 2. The van der Waals surface area contributed by atoms with E-state index < -0.39 is 0 Å². The summed E-state index contributed by atoms with van der Waals surface area (Å²) in [6.07, 6.45) is 3.42. The molecule has 184 valence electrons. The first-order chi connectivity index (χ1) is 16.9. The number of likely N-dealkylation sites (tertiary alicyclic amines) is 1. The van der Waals surface area contributed by atoms with Crippen molar-refractivity contribution in [1.82, 2.24) is 20.2 Å². The van der Waals surface area contributed by atoms with Gasteiger partial charge < -0.3 is 31.2 Å². The highest BCUT2D eigenvalue weighted by atomic mass is 16.3. The number of nitrogens with one attached hydrogen (secondary N) is 3. The number of rotatable bonds is 8. The summed E-state index contributed by atoms with van der Waals surface area (Å²) in [6, 6.07) is 9.85. The Balaban J connectivity index is 1.38. The van der Waals surface area contributed by atoms with E-state index in [9.17, 15) is 15.0 Å². The minimum Gasteiger partial charge on any atom is -0.508 e. The lowest BCUT2D eigenvalue weighted by atomic mass is 10.1. The molecule has 10 heteroatoms. The zero-order valence-corrected chi connectivity index (χ0v) is 19.9. The minimum atomic E-state index is -0.0537. The molecule has 1 aliphatic rings. The van der Waals surface area contributed by atoms with E-state index in [-0.39, 0.29) is 23.4 Å². The molecule has 1 saturated heterocycles. The van der Waals surface area contributed by atoms with E-state index in [1.165, 1.54) is 18.2 Å². The maximum Gasteiger partial charge on any atom is 0.253 e. The number of aryl methyl sites for hydroxylation is 2. The molecule has 1 aromatic heterocycles. The van der Waals surface area contributed by atoms with Crippen molar-refractivity contribution in [3.63, 3.8) is 0 Å². The van der Waals surface area contributed by atoms with Gasteiger partial charge in [0.1, 0.15) is 11.5 Å². The minimum absolute atomic E-state index is 0.0121. The third-order valence-electron chi connectivity index (χ3n) is 6.16. The van der Waals surface area contributed by atoms with Gasteiger partial charge in [0.05, 0.1) is 11.4 Å². The number of aromatic hydroxyl groups is 2. The van der Waals surface area contributed by atoms with E-state index in [2.05, 4.69) is 26.0 Å². The number of nitrogens with zero attached hydrogens (tertiary/aromatic N) is 3. The third kappa shape index (κ3) is 5.79. The van der Waals surface area contributed by atoms with Gasteiger partial charge in [0.15, 0.2) is 0 Å². The first-order valence-electron chi connectivity index (χ1n) is 11.6. The van der Waals surface area contributed by atoms with Crippen molar-refractivity contribution in [2.75, 3.05) is 23.8 Å². The fourth-order valence-electron chi connectivity index (χ4n) is 4.24. The average Bonchev–Trinajstić information content (AvgIpc) is 3.31. The van der Waals surface area contributed by atoms with Gasteiger partial charge in [-0.3, -0.25) is 10.6 Å². The third-order valence-corrected chi connectivity index (χ3v) is 6.16. The molecule has 2 heterocycles. The zero-order chi connectivity index (χ0) is 24.9. The number of hydrogen-bond acceptors (Lipinski definition) is 9. The zero-order valence-electron chi connectivity index (χ0n) is 19.9. The van der Waals surface area contributed by atoms with Crippen molar-refractivity contribution in [3.8, 4) is 11.5 Å². The highest BCUT2D eigenvalue weighted by Gasteiger charge is 2.27. The van der Waals surface area contributed by atoms with Gasteiger partial charge in [-0.1, -0.05) is 6.92 Å². The Morgan fingerprint density at radius 2 is 1.97 bits per heavy atom. The molecule has 10 nitrogen and oxygen atoms in total. The molecule has 1 fully saturated rings. The topological polar surface area (TPSA) is 149 Å². The second-order valence-corrected chi connectivity index (χ2v) is 8.67. The monoisotopic (exact) mass is 477 g/mol. The van der Waals surface area contributed by atoms with Crippen LogP contribution in [0.15, 0.2) is 42.6 Å². The Labute approximate surface area is 204 Å². The predicted octanol–water partition coefficient (Wildman–Crippen LogP) is 2.79. The molecule has 1 unspecified atom stereocenters. The van der Waals surface area contributed by atoms with Gasteiger partial charge in [0, 0.05) is 61.3 Å². The van der Waals surface area contributed by atoms with Crippen LogP contribution in [0.25, 0.3) is 0 Å². The van der Waals surface area contributed by atoms with E-state index >= 15 is 0 Å². The van der Waals surface area contributed by atoms with Gasteiger partial charge in [-0.15, -0.1) is 0 Å². The highest BCUT2D eigenvalue weighted by molar-refractivity contribution is 5.95. The van der Waals surface area contributed by atoms with Crippen molar-refractivity contribution in [2.45, 2.75) is 39.3 Å². The van der Waals surface area contributed by atoms with Crippen LogP contribution in [-0.4, -0.2) is 50.1 Å². The maximum absolute atomic E-state index is 13.0. The van der Waals surface area contributed by atoms with E-state index in [1.54, 1.807) is 12.3 Å². The number of hydrazine groups is 1. The van der Waals surface area contributed by atoms with Crippen LogP contribution in [0, 0.1) is 6.92 Å². The van der Waals surface area contributed by atoms with Crippen LogP contribution in [-0.2, 0) is 13.0 Å². The Morgan fingerprint density at radius 1 is 1.20 bits per heavy atom. The van der Waals surface area contributed by atoms with Gasteiger partial charge in [-0.05, 0) is 49.1 Å². The molecule has 0 saturated carbocycles. The smallest absolute Gasteiger partial charge is 0.253 e. The summed E-state index contributed by atoms with van der Waals surface area (Å²) in [5.74, 6) is 5.77. The van der Waals surface area contributed by atoms with Gasteiger partial charge in [-0.25, -0.2) is 9.97 Å². The summed E-state index contributed by atoms with van der Waals surface area (Å²) in [6.45, 7) is 5.81. The second kappa shape index (κ2) is 10.6. The van der Waals surface area contributed by atoms with Gasteiger partial charge >= 0.3 is 0 Å². The second-order valence-electron chi connectivity index (χ2n) is 8.67. The number of phenols is 2. The molecule has 3 aromatic rings. The standard InChI is InChI=1S/C25H31N7O3/c1-3-16-12-28-25(29-19-9-20(33)11-21(34)10-19)30-23(16)13-27-18-6-7-32(14-18)24(35)17-4-5-22(31-26)15(2)8-17/h4-5,8-12,18,27,31,33-34H,3,6-7,13-14,26H2,1-2H3,(H,28,29,30). The molecule has 1 aliphatic heterocycles. The highest BCUT2D eigenvalue weighted by Crippen LogP contribution is 2.26. The summed E-state index contributed by atoms with van der Waals surface area (Å²) in [5, 5.41) is 25.9. The summed E-state index contributed by atoms with van der Waals surface area (Å²) >= 11 is 0. The Bertz CT molecular complexity index is 1200. The van der Waals surface area contributed by atoms with E-state index in [4.69, 9.17) is 5.84 Å². The lowest BCUT2D eigenvalue weighted by Crippen LogP contribution is -2.35. The number of carbonyl (C=O) groups excluding carboxylic acids is 1. The summed E-state index contributed by atoms with van der Waals surface area (Å²) in [4.78, 5) is 23.8. The molecule has 7 N–H and O–H groups in total. The molecule has 0 aliphatic carbocycles. The van der Waals surface area contributed by atoms with Crippen LogP contribution < -0.4 is 21.9 Å². The van der Waals surface area contributed by atoms with Crippen molar-refractivity contribution >= 4 is 23.2 Å². The summed E-state index contributed by atoms with van der Waals surface area (Å²) < 4.78 is 0. The first kappa shape index (κ1) is 24.2. The Morgan fingerprint density at radius 3 is 2.66 bits per heavy atom. The maximum atomic E-state index is 13.0. The number of nitrogen functional groups attached to an aromatic ring is 1. The molecule has 2 aromatic carbocycles. The number of anilines is 3. The summed E-state index contributed by atoms with van der Waals surface area (Å²) in [7, 11) is 0. The number of hydrogen-bond donors (Lipinski definition) is 6. The van der Waals surface area contributed by atoms with Crippen LogP contribution >= 0.6 is 0 Å². The van der Waals surface area contributed by atoms with Crippen LogP contribution in [0.4, 0.5) is 17.3 Å². The first-order valence-corrected chi connectivity index (χ1v) is 11.6. The van der Waals surface area contributed by atoms with Gasteiger partial charge in [-0.2, -0.15) is 0 Å². The molecule has 0 radical (unpaired) electrons. The normalized spacial score (nSPS) is 15.3. The summed E-state index contributed by atoms with van der Waals surface area (Å²) in [5.41, 5.74) is 7.38. The van der Waals surface area contributed by atoms with Gasteiger partial charge in [0.2, 0.25) is 5.95 Å². The molecule has 0 bridgehead atoms. The van der Waals surface area contributed by atoms with Crippen LogP contribution in [0.5, 0.6) is 11.5 Å². The molecule has 35 heavy (non-hydrogen) atoms. The molecule has 1 atom stereocenters. The van der Waals surface area contributed by atoms with Crippen LogP contribution in [0.2, 0.25) is 0 Å². The Hall–Kier alpha value is -3.89. The SMILES string of the molecule is CCc1cnc(Nc2cc(O)cc(O)c2)nc1CNC1CCN(C(=O)c2ccc(NN)c(C)c2)C1. The largest absolute Gasteiger partial charge is 0.508 e. The lowest BCUT2D eigenvalue weighted by molar-refractivity contribution is 0.0789. The molecule has 1 amide bonds. The van der Waals surface area contributed by atoms with Gasteiger partial charge in [0.25, 0.3) is 5.91 Å². The van der Waals surface area contributed by atoms with Crippen molar-refractivity contribution in [3.05, 3.63) is 65.0 Å². The number of amides is 1. The van der Waals surface area contributed by atoms with Crippen molar-refractivity contribution in [2.24, 2.45) is 5.84 Å². The fourth-order valence-corrected chi connectivity index (χ4v) is 4.24. The fraction of sp³-hybridized carbons (Fsp3) is 0.320. The van der Waals surface area contributed by atoms with Crippen molar-refractivity contribution < 1.29 is 15.0 Å². The number of aromatic nitrogens is 2. The van der Waals surface area contributed by atoms with E-state index in [0.717, 1.165) is 35.3 Å². The number of phenolic OH excluding ortho intramolecular Hbond substituents is 2. The van der Waals surface area contributed by atoms with Crippen LogP contribution in [0.3, 0.4) is 0 Å². The molecular weight excluding hydrogens is 446 g/mol. The van der Waals surface area contributed by atoms with Crippen molar-refractivity contribution in [1.29, 1.82) is 0 Å². The van der Waals surface area contributed by atoms with E-state index in [0.29, 0.717) is 36.8 Å². The number of carbonyl (C=O) groups is 1. The molecular formula is C25H31N7O3. The predicted molar refractivity (Wildman–Crippen MR) is 135 cm³/mol.